The fourth-order valence-electron chi connectivity index (χ4n) is 1.09. The van der Waals surface area contributed by atoms with Gasteiger partial charge in [0.1, 0.15) is 0 Å². The van der Waals surface area contributed by atoms with Gasteiger partial charge in [-0.2, -0.15) is 0 Å². The van der Waals surface area contributed by atoms with Gasteiger partial charge in [-0.05, 0) is 12.3 Å². The van der Waals surface area contributed by atoms with E-state index < -0.39 is 6.04 Å². The van der Waals surface area contributed by atoms with Crippen LogP contribution in [0.5, 0.6) is 0 Å². The van der Waals surface area contributed by atoms with Crippen LogP contribution < -0.4 is 5.73 Å². The maximum Gasteiger partial charge on any atom is 0.240 e. The summed E-state index contributed by atoms with van der Waals surface area (Å²) in [5.74, 6) is -0.0273. The van der Waals surface area contributed by atoms with Crippen molar-refractivity contribution in [2.45, 2.75) is 33.7 Å². The maximum atomic E-state index is 11.8. The second-order valence-corrected chi connectivity index (χ2v) is 5.00. The number of rotatable bonds is 3. The average Bonchev–Trinajstić information content (AvgIpc) is 1.98. The van der Waals surface area contributed by atoms with Crippen molar-refractivity contribution in [1.29, 1.82) is 0 Å². The van der Waals surface area contributed by atoms with E-state index in [1.807, 2.05) is 27.7 Å². The molecule has 0 aliphatic carbocycles. The zero-order valence-corrected chi connectivity index (χ0v) is 9.92. The molecule has 0 rings (SSSR count). The minimum Gasteiger partial charge on any atom is -0.340 e. The number of hydrogen-bond donors (Lipinski definition) is 1. The Labute approximate surface area is 87.0 Å². The van der Waals surface area contributed by atoms with Crippen LogP contribution in [0.15, 0.2) is 12.2 Å². The Balaban J connectivity index is 4.40. The summed E-state index contributed by atoms with van der Waals surface area (Å²) >= 11 is 0. The lowest BCUT2D eigenvalue weighted by Crippen LogP contribution is -2.49. The number of likely N-dealkylation sites (N-methyl/N-ethyl adjacent to an activating group) is 1. The van der Waals surface area contributed by atoms with Crippen molar-refractivity contribution >= 4 is 5.91 Å². The maximum absolute atomic E-state index is 11.8. The molecular weight excluding hydrogens is 176 g/mol. The minimum atomic E-state index is -0.452. The van der Waals surface area contributed by atoms with E-state index in [0.29, 0.717) is 6.54 Å². The number of hydrogen-bond acceptors (Lipinski definition) is 2. The molecule has 0 aliphatic heterocycles. The Kier molecular flexibility index (Phi) is 4.33. The summed E-state index contributed by atoms with van der Waals surface area (Å²) in [4.78, 5) is 13.4. The van der Waals surface area contributed by atoms with Gasteiger partial charge in [0, 0.05) is 13.6 Å². The van der Waals surface area contributed by atoms with Gasteiger partial charge in [0.25, 0.3) is 0 Å². The summed E-state index contributed by atoms with van der Waals surface area (Å²) in [6, 6.07) is -0.452. The molecule has 0 heterocycles. The van der Waals surface area contributed by atoms with Crippen LogP contribution in [-0.2, 0) is 4.79 Å². The predicted octanol–water partition coefficient (Wildman–Crippen LogP) is 1.39. The molecule has 82 valence electrons. The highest BCUT2D eigenvalue weighted by Gasteiger charge is 2.29. The quantitative estimate of drug-likeness (QED) is 0.697. The van der Waals surface area contributed by atoms with E-state index in [4.69, 9.17) is 5.73 Å². The first-order valence-corrected chi connectivity index (χ1v) is 4.81. The number of carbonyl (C=O) groups is 1. The summed E-state index contributed by atoms with van der Waals surface area (Å²) in [7, 11) is 1.75. The average molecular weight is 198 g/mol. The topological polar surface area (TPSA) is 46.3 Å². The molecule has 0 saturated heterocycles. The molecule has 0 radical (unpaired) electrons. The Hall–Kier alpha value is -0.830. The normalized spacial score (nSPS) is 13.6. The Morgan fingerprint density at radius 2 is 1.93 bits per heavy atom. The molecule has 0 unspecified atom stereocenters. The van der Waals surface area contributed by atoms with E-state index >= 15 is 0 Å². The zero-order chi connectivity index (χ0) is 11.5. The van der Waals surface area contributed by atoms with Crippen molar-refractivity contribution in [2.75, 3.05) is 13.6 Å². The van der Waals surface area contributed by atoms with Crippen LogP contribution in [-0.4, -0.2) is 30.4 Å². The molecule has 0 bridgehead atoms. The van der Waals surface area contributed by atoms with Gasteiger partial charge in [-0.3, -0.25) is 4.79 Å². The third-order valence-corrected chi connectivity index (χ3v) is 2.08. The zero-order valence-electron chi connectivity index (χ0n) is 9.92. The lowest BCUT2D eigenvalue weighted by Gasteiger charge is -2.30. The lowest BCUT2D eigenvalue weighted by molar-refractivity contribution is -0.133. The highest BCUT2D eigenvalue weighted by atomic mass is 16.2. The molecule has 2 N–H and O–H groups in total. The molecule has 0 spiro atoms. The molecule has 3 heteroatoms. The number of nitrogens with two attached hydrogens (primary N) is 1. The molecule has 0 fully saturated rings. The monoisotopic (exact) mass is 198 g/mol. The molecule has 3 nitrogen and oxygen atoms in total. The van der Waals surface area contributed by atoms with E-state index in [-0.39, 0.29) is 11.3 Å². The van der Waals surface area contributed by atoms with E-state index in [2.05, 4.69) is 6.58 Å². The highest BCUT2D eigenvalue weighted by Crippen LogP contribution is 2.18. The van der Waals surface area contributed by atoms with Crippen molar-refractivity contribution in [3.63, 3.8) is 0 Å². The molecule has 0 aromatic carbocycles. The molecule has 0 aromatic rings. The lowest BCUT2D eigenvalue weighted by atomic mass is 9.86. The second kappa shape index (κ2) is 4.60. The van der Waals surface area contributed by atoms with Crippen molar-refractivity contribution in [1.82, 2.24) is 4.90 Å². The van der Waals surface area contributed by atoms with Crippen LogP contribution in [0.1, 0.15) is 27.7 Å². The first-order chi connectivity index (χ1) is 6.16. The number of amides is 1. The van der Waals surface area contributed by atoms with Crippen molar-refractivity contribution in [2.24, 2.45) is 11.1 Å². The molecule has 14 heavy (non-hydrogen) atoms. The van der Waals surface area contributed by atoms with Crippen LogP contribution in [0.3, 0.4) is 0 Å². The third-order valence-electron chi connectivity index (χ3n) is 2.08. The summed E-state index contributed by atoms with van der Waals surface area (Å²) in [5, 5.41) is 0. The second-order valence-electron chi connectivity index (χ2n) is 5.00. The van der Waals surface area contributed by atoms with Gasteiger partial charge in [0.15, 0.2) is 0 Å². The standard InChI is InChI=1S/C11H22N2O/c1-8(2)7-13(6)10(14)9(12)11(3,4)5/h9H,1,7,12H2,2-6H3/t9-/m0/s1. The largest absolute Gasteiger partial charge is 0.340 e. The first kappa shape index (κ1) is 13.2. The highest BCUT2D eigenvalue weighted by molar-refractivity contribution is 5.82. The third kappa shape index (κ3) is 3.92. The van der Waals surface area contributed by atoms with Gasteiger partial charge in [-0.1, -0.05) is 32.9 Å². The van der Waals surface area contributed by atoms with Gasteiger partial charge < -0.3 is 10.6 Å². The van der Waals surface area contributed by atoms with Crippen LogP contribution in [0, 0.1) is 5.41 Å². The number of nitrogens with zero attached hydrogens (tertiary/aromatic N) is 1. The molecule has 0 aliphatic rings. The van der Waals surface area contributed by atoms with Crippen molar-refractivity contribution in [3.8, 4) is 0 Å². The molecular formula is C11H22N2O. The van der Waals surface area contributed by atoms with E-state index in [0.717, 1.165) is 5.57 Å². The summed E-state index contributed by atoms with van der Waals surface area (Å²) in [6.45, 7) is 12.1. The van der Waals surface area contributed by atoms with Crippen molar-refractivity contribution < 1.29 is 4.79 Å². The van der Waals surface area contributed by atoms with E-state index in [1.54, 1.807) is 11.9 Å². The molecule has 0 aromatic heterocycles. The van der Waals surface area contributed by atoms with Gasteiger partial charge in [-0.15, -0.1) is 0 Å². The Morgan fingerprint density at radius 3 is 2.21 bits per heavy atom. The molecule has 0 saturated carbocycles. The van der Waals surface area contributed by atoms with Gasteiger partial charge >= 0.3 is 0 Å². The smallest absolute Gasteiger partial charge is 0.240 e. The van der Waals surface area contributed by atoms with Gasteiger partial charge in [0.05, 0.1) is 6.04 Å². The Bertz CT molecular complexity index is 228. The summed E-state index contributed by atoms with van der Waals surface area (Å²) < 4.78 is 0. The van der Waals surface area contributed by atoms with Gasteiger partial charge in [0.2, 0.25) is 5.91 Å². The van der Waals surface area contributed by atoms with E-state index in [9.17, 15) is 4.79 Å². The Morgan fingerprint density at radius 1 is 1.50 bits per heavy atom. The van der Waals surface area contributed by atoms with Crippen LogP contribution in [0.25, 0.3) is 0 Å². The van der Waals surface area contributed by atoms with Crippen LogP contribution in [0.4, 0.5) is 0 Å². The predicted molar refractivity (Wildman–Crippen MR) is 59.9 cm³/mol. The van der Waals surface area contributed by atoms with E-state index in [1.165, 1.54) is 0 Å². The summed E-state index contributed by atoms with van der Waals surface area (Å²) in [5.41, 5.74) is 6.62. The molecule has 1 atom stereocenters. The van der Waals surface area contributed by atoms with Crippen LogP contribution in [0.2, 0.25) is 0 Å². The SMILES string of the molecule is C=C(C)CN(C)C(=O)[C@H](N)C(C)(C)C. The molecule has 1 amide bonds. The van der Waals surface area contributed by atoms with Crippen molar-refractivity contribution in [3.05, 3.63) is 12.2 Å². The fraction of sp³-hybridized carbons (Fsp3) is 0.727. The summed E-state index contributed by atoms with van der Waals surface area (Å²) in [6.07, 6.45) is 0. The number of carbonyl (C=O) groups excluding carboxylic acids is 1. The fourth-order valence-corrected chi connectivity index (χ4v) is 1.09. The minimum absolute atomic E-state index is 0.0273. The van der Waals surface area contributed by atoms with Gasteiger partial charge in [-0.25, -0.2) is 0 Å². The first-order valence-electron chi connectivity index (χ1n) is 4.81. The van der Waals surface area contributed by atoms with Crippen LogP contribution >= 0.6 is 0 Å².